The van der Waals surface area contributed by atoms with Gasteiger partial charge < -0.3 is 5.32 Å². The molecule has 1 unspecified atom stereocenters. The molecule has 0 saturated heterocycles. The summed E-state index contributed by atoms with van der Waals surface area (Å²) in [6.45, 7) is 3.14. The molecule has 2 rings (SSSR count). The maximum absolute atomic E-state index is 3.50. The number of nitrogens with one attached hydrogen (secondary N) is 1. The Morgan fingerprint density at radius 2 is 2.29 bits per heavy atom. The lowest BCUT2D eigenvalue weighted by Gasteiger charge is -2.14. The summed E-state index contributed by atoms with van der Waals surface area (Å²) in [6.07, 6.45) is 0. The average Bonchev–Trinajstić information content (AvgIpc) is 2.87. The minimum absolute atomic E-state index is 0.381. The topological polar surface area (TPSA) is 12.0 Å². The Hall–Kier alpha value is -0.640. The van der Waals surface area contributed by atoms with E-state index < -0.39 is 0 Å². The van der Waals surface area contributed by atoms with E-state index in [2.05, 4.69) is 46.6 Å². The molecule has 0 aromatic carbocycles. The molecule has 0 aliphatic rings. The van der Waals surface area contributed by atoms with Crippen LogP contribution < -0.4 is 5.32 Å². The van der Waals surface area contributed by atoms with Gasteiger partial charge in [0.1, 0.15) is 0 Å². The van der Waals surface area contributed by atoms with Gasteiger partial charge in [-0.1, -0.05) is 13.0 Å². The Kier molecular flexibility index (Phi) is 3.35. The lowest BCUT2D eigenvalue weighted by atomic mass is 10.1. The Bertz CT molecular complexity index is 316. The third-order valence-corrected chi connectivity index (χ3v) is 3.75. The zero-order chi connectivity index (χ0) is 9.80. The Morgan fingerprint density at radius 3 is 2.86 bits per heavy atom. The van der Waals surface area contributed by atoms with E-state index in [1.54, 1.807) is 11.3 Å². The van der Waals surface area contributed by atoms with E-state index >= 15 is 0 Å². The molecule has 2 aromatic rings. The van der Waals surface area contributed by atoms with Gasteiger partial charge in [0.15, 0.2) is 0 Å². The molecule has 2 aromatic heterocycles. The van der Waals surface area contributed by atoms with Crippen molar-refractivity contribution in [1.82, 2.24) is 5.32 Å². The molecule has 0 bridgehead atoms. The first-order valence-corrected chi connectivity index (χ1v) is 6.53. The van der Waals surface area contributed by atoms with Crippen LogP contribution >= 0.6 is 22.7 Å². The van der Waals surface area contributed by atoms with E-state index in [4.69, 9.17) is 0 Å². The molecule has 0 spiro atoms. The monoisotopic (exact) mass is 223 g/mol. The highest BCUT2D eigenvalue weighted by Crippen LogP contribution is 2.27. The summed E-state index contributed by atoms with van der Waals surface area (Å²) in [7, 11) is 0. The van der Waals surface area contributed by atoms with Crippen molar-refractivity contribution in [3.63, 3.8) is 0 Å². The van der Waals surface area contributed by atoms with Crippen LogP contribution in [0.4, 0.5) is 0 Å². The third kappa shape index (κ3) is 2.05. The van der Waals surface area contributed by atoms with Crippen LogP contribution in [0.25, 0.3) is 0 Å². The fourth-order valence-corrected chi connectivity index (χ4v) is 2.99. The molecule has 1 atom stereocenters. The fraction of sp³-hybridized carbons (Fsp3) is 0.273. The summed E-state index contributed by atoms with van der Waals surface area (Å²) in [5, 5.41) is 9.98. The first kappa shape index (κ1) is 9.90. The molecule has 14 heavy (non-hydrogen) atoms. The van der Waals surface area contributed by atoms with Crippen molar-refractivity contribution in [2.45, 2.75) is 13.0 Å². The summed E-state index contributed by atoms with van der Waals surface area (Å²) in [4.78, 5) is 1.39. The maximum atomic E-state index is 3.50. The molecule has 3 heteroatoms. The first-order valence-electron chi connectivity index (χ1n) is 4.70. The van der Waals surface area contributed by atoms with Crippen LogP contribution in [-0.2, 0) is 0 Å². The smallest absolute Gasteiger partial charge is 0.0679 e. The number of thiophene rings is 2. The normalized spacial score (nSPS) is 12.9. The number of hydrogen-bond acceptors (Lipinski definition) is 3. The number of rotatable bonds is 4. The highest BCUT2D eigenvalue weighted by Gasteiger charge is 2.13. The summed E-state index contributed by atoms with van der Waals surface area (Å²) < 4.78 is 0. The maximum Gasteiger partial charge on any atom is 0.0679 e. The molecular formula is C11H13NS2. The van der Waals surface area contributed by atoms with Gasteiger partial charge in [-0.3, -0.25) is 0 Å². The van der Waals surface area contributed by atoms with Crippen LogP contribution in [0.1, 0.15) is 23.4 Å². The number of hydrogen-bond donors (Lipinski definition) is 1. The predicted octanol–water partition coefficient (Wildman–Crippen LogP) is 3.51. The van der Waals surface area contributed by atoms with Gasteiger partial charge in [-0.15, -0.1) is 11.3 Å². The Balaban J connectivity index is 2.25. The van der Waals surface area contributed by atoms with Crippen LogP contribution in [0.3, 0.4) is 0 Å². The Labute approximate surface area is 92.4 Å². The first-order chi connectivity index (χ1) is 6.92. The van der Waals surface area contributed by atoms with E-state index in [0.29, 0.717) is 6.04 Å². The second-order valence-corrected chi connectivity index (χ2v) is 4.82. The van der Waals surface area contributed by atoms with Crippen LogP contribution in [0.15, 0.2) is 34.3 Å². The van der Waals surface area contributed by atoms with E-state index in [-0.39, 0.29) is 0 Å². The molecule has 0 radical (unpaired) electrons. The zero-order valence-electron chi connectivity index (χ0n) is 8.07. The Morgan fingerprint density at radius 1 is 1.36 bits per heavy atom. The van der Waals surface area contributed by atoms with E-state index in [1.165, 1.54) is 10.4 Å². The van der Waals surface area contributed by atoms with Crippen molar-refractivity contribution in [2.24, 2.45) is 0 Å². The minimum atomic E-state index is 0.381. The summed E-state index contributed by atoms with van der Waals surface area (Å²) in [5.74, 6) is 0. The SMILES string of the molecule is CCNC(c1ccsc1)c1cccs1. The van der Waals surface area contributed by atoms with Gasteiger partial charge in [0.05, 0.1) is 6.04 Å². The zero-order valence-corrected chi connectivity index (χ0v) is 9.70. The van der Waals surface area contributed by atoms with Crippen molar-refractivity contribution >= 4 is 22.7 Å². The molecular weight excluding hydrogens is 210 g/mol. The molecule has 1 N–H and O–H groups in total. The van der Waals surface area contributed by atoms with Gasteiger partial charge in [-0.05, 0) is 40.4 Å². The standard InChI is InChI=1S/C11H13NS2/c1-2-12-11(9-5-7-13-8-9)10-4-3-6-14-10/h3-8,11-12H,2H2,1H3. The van der Waals surface area contributed by atoms with Crippen LogP contribution in [-0.4, -0.2) is 6.54 Å². The van der Waals surface area contributed by atoms with Gasteiger partial charge in [-0.25, -0.2) is 0 Å². The molecule has 0 fully saturated rings. The van der Waals surface area contributed by atoms with E-state index in [0.717, 1.165) is 6.54 Å². The van der Waals surface area contributed by atoms with E-state index in [9.17, 15) is 0 Å². The highest BCUT2D eigenvalue weighted by atomic mass is 32.1. The summed E-state index contributed by atoms with van der Waals surface area (Å²) >= 11 is 3.57. The molecule has 0 saturated carbocycles. The van der Waals surface area contributed by atoms with Crippen molar-refractivity contribution in [3.8, 4) is 0 Å². The highest BCUT2D eigenvalue weighted by molar-refractivity contribution is 7.10. The van der Waals surface area contributed by atoms with Crippen molar-refractivity contribution in [3.05, 3.63) is 44.8 Å². The molecule has 0 aliphatic carbocycles. The van der Waals surface area contributed by atoms with E-state index in [1.807, 2.05) is 11.3 Å². The molecule has 0 aliphatic heterocycles. The van der Waals surface area contributed by atoms with Crippen LogP contribution in [0.5, 0.6) is 0 Å². The second kappa shape index (κ2) is 4.73. The van der Waals surface area contributed by atoms with Gasteiger partial charge in [-0.2, -0.15) is 11.3 Å². The molecule has 1 nitrogen and oxygen atoms in total. The summed E-state index contributed by atoms with van der Waals surface area (Å²) in [6, 6.07) is 6.87. The van der Waals surface area contributed by atoms with Gasteiger partial charge in [0, 0.05) is 4.88 Å². The average molecular weight is 223 g/mol. The molecule has 0 amide bonds. The minimum Gasteiger partial charge on any atom is -0.306 e. The van der Waals surface area contributed by atoms with Gasteiger partial charge >= 0.3 is 0 Å². The molecule has 74 valence electrons. The van der Waals surface area contributed by atoms with Crippen molar-refractivity contribution in [1.29, 1.82) is 0 Å². The van der Waals surface area contributed by atoms with Crippen molar-refractivity contribution < 1.29 is 0 Å². The van der Waals surface area contributed by atoms with Crippen LogP contribution in [0.2, 0.25) is 0 Å². The lowest BCUT2D eigenvalue weighted by molar-refractivity contribution is 0.641. The second-order valence-electron chi connectivity index (χ2n) is 3.06. The largest absolute Gasteiger partial charge is 0.306 e. The van der Waals surface area contributed by atoms with Crippen molar-refractivity contribution in [2.75, 3.05) is 6.54 Å². The molecule has 2 heterocycles. The van der Waals surface area contributed by atoms with Gasteiger partial charge in [0.2, 0.25) is 0 Å². The predicted molar refractivity (Wildman–Crippen MR) is 64.2 cm³/mol. The van der Waals surface area contributed by atoms with Crippen LogP contribution in [0, 0.1) is 0 Å². The fourth-order valence-electron chi connectivity index (χ4n) is 1.48. The van der Waals surface area contributed by atoms with Gasteiger partial charge in [0.25, 0.3) is 0 Å². The summed E-state index contributed by atoms with van der Waals surface area (Å²) in [5.41, 5.74) is 1.37. The quantitative estimate of drug-likeness (QED) is 0.836. The lowest BCUT2D eigenvalue weighted by Crippen LogP contribution is -2.20. The third-order valence-electron chi connectivity index (χ3n) is 2.11.